The lowest BCUT2D eigenvalue weighted by molar-refractivity contribution is -0.137. The van der Waals surface area contributed by atoms with E-state index >= 15 is 4.39 Å². The molecule has 3 rings (SSSR count). The maximum atomic E-state index is 15.2. The molecule has 0 unspecified atom stereocenters. The van der Waals surface area contributed by atoms with Crippen molar-refractivity contribution in [3.63, 3.8) is 0 Å². The van der Waals surface area contributed by atoms with Crippen LogP contribution in [0.4, 0.5) is 4.39 Å². The Morgan fingerprint density at radius 3 is 2.43 bits per heavy atom. The molecular formula is C31H39BrFN3O6. The van der Waals surface area contributed by atoms with Crippen LogP contribution in [0, 0.1) is 22.6 Å². The number of Topliss-reactive ketones (excluding diaryl/α,β-unsaturated/α-hetero) is 1. The fourth-order valence-corrected chi connectivity index (χ4v) is 4.90. The van der Waals surface area contributed by atoms with E-state index in [1.54, 1.807) is 12.1 Å². The number of amidine groups is 1. The highest BCUT2D eigenvalue weighted by atomic mass is 79.9. The Kier molecular flexibility index (Phi) is 12.3. The number of ether oxygens (including phenoxy) is 3. The Bertz CT molecular complexity index is 1370. The van der Waals surface area contributed by atoms with Crippen LogP contribution in [0.5, 0.6) is 17.2 Å². The number of carboxylic acid groups (broad SMARTS) is 1. The number of hydrogen-bond acceptors (Lipinski definition) is 7. The Labute approximate surface area is 256 Å². The monoisotopic (exact) mass is 647 g/mol. The van der Waals surface area contributed by atoms with Crippen molar-refractivity contribution in [1.29, 1.82) is 10.7 Å². The van der Waals surface area contributed by atoms with Gasteiger partial charge in [0, 0.05) is 30.5 Å². The molecule has 0 aromatic heterocycles. The summed E-state index contributed by atoms with van der Waals surface area (Å²) >= 11 is 0. The van der Waals surface area contributed by atoms with E-state index in [0.29, 0.717) is 55.6 Å². The lowest BCUT2D eigenvalue weighted by atomic mass is 9.82. The number of carbonyl (C=O) groups is 2. The fourth-order valence-electron chi connectivity index (χ4n) is 4.90. The van der Waals surface area contributed by atoms with Gasteiger partial charge >= 0.3 is 5.97 Å². The lowest BCUT2D eigenvalue weighted by Gasteiger charge is -2.26. The fraction of sp³-hybridized carbons (Fsp3) is 0.484. The van der Waals surface area contributed by atoms with Crippen LogP contribution in [0.15, 0.2) is 18.2 Å². The first-order chi connectivity index (χ1) is 19.4. The highest BCUT2D eigenvalue weighted by Gasteiger charge is 2.33. The van der Waals surface area contributed by atoms with Gasteiger partial charge in [0.2, 0.25) is 0 Å². The summed E-state index contributed by atoms with van der Waals surface area (Å²) in [6.07, 6.45) is 2.58. The van der Waals surface area contributed by atoms with Crippen LogP contribution in [0.1, 0.15) is 85.5 Å². The van der Waals surface area contributed by atoms with E-state index in [2.05, 4.69) is 6.07 Å². The summed E-state index contributed by atoms with van der Waals surface area (Å²) in [6, 6.07) is 7.37. The van der Waals surface area contributed by atoms with Crippen molar-refractivity contribution in [2.75, 3.05) is 27.4 Å². The van der Waals surface area contributed by atoms with Gasteiger partial charge in [0.15, 0.2) is 23.1 Å². The largest absolute Gasteiger partial charge is 0.493 e. The quantitative estimate of drug-likeness (QED) is 0.182. The van der Waals surface area contributed by atoms with Gasteiger partial charge in [-0.05, 0) is 60.4 Å². The summed E-state index contributed by atoms with van der Waals surface area (Å²) in [5.41, 5.74) is 2.32. The minimum Gasteiger partial charge on any atom is -0.493 e. The molecule has 0 saturated carbocycles. The number of aryl methyl sites for hydroxylation is 1. The maximum Gasteiger partial charge on any atom is 0.303 e. The van der Waals surface area contributed by atoms with Gasteiger partial charge in [-0.1, -0.05) is 20.8 Å². The number of hydrogen-bond donors (Lipinski definition) is 2. The molecule has 228 valence electrons. The van der Waals surface area contributed by atoms with Crippen molar-refractivity contribution in [3.8, 4) is 23.3 Å². The van der Waals surface area contributed by atoms with E-state index in [1.165, 1.54) is 19.1 Å². The molecule has 0 aliphatic carbocycles. The number of rotatable bonds is 14. The molecule has 0 bridgehead atoms. The second-order valence-electron chi connectivity index (χ2n) is 11.1. The SMILES string of the molecule is Br.COc1cc2c(c(F)c1OC)C(=N)N(CC(=O)c1cc(CCCC#N)c(OCCCCC(=O)O)c(C(C)(C)C)c1)C2. The third-order valence-electron chi connectivity index (χ3n) is 7.00. The first-order valence-corrected chi connectivity index (χ1v) is 13.6. The average molecular weight is 649 g/mol. The number of unbranched alkanes of at least 4 members (excludes halogenated alkanes) is 2. The van der Waals surface area contributed by atoms with E-state index in [0.717, 1.165) is 11.1 Å². The number of nitrogens with one attached hydrogen (secondary N) is 1. The Balaban J connectivity index is 0.00000616. The predicted octanol–water partition coefficient (Wildman–Crippen LogP) is 6.22. The van der Waals surface area contributed by atoms with Gasteiger partial charge in [-0.15, -0.1) is 17.0 Å². The van der Waals surface area contributed by atoms with Crippen LogP contribution in [0.2, 0.25) is 0 Å². The van der Waals surface area contributed by atoms with Gasteiger partial charge in [-0.2, -0.15) is 5.26 Å². The summed E-state index contributed by atoms with van der Waals surface area (Å²) in [6.45, 7) is 6.43. The van der Waals surface area contributed by atoms with Crippen LogP contribution in [-0.4, -0.2) is 55.0 Å². The number of aliphatic carboxylic acids is 1. The zero-order valence-electron chi connectivity index (χ0n) is 24.8. The Morgan fingerprint density at radius 1 is 1.12 bits per heavy atom. The standard InChI is InChI=1S/C31H38FN3O6.BrH/c1-31(2,3)22-15-20(14-19(10-6-8-12-33)28(22)41-13-9-7-11-25(37)38)23(36)18-35-17-21-16-24(39-4)29(40-5)27(32)26(21)30(35)34;/h14-16,34H,6-11,13,17-18H2,1-5H3,(H,37,38);1H. The molecule has 0 fully saturated rings. The molecule has 1 aliphatic heterocycles. The highest BCUT2D eigenvalue weighted by Crippen LogP contribution is 2.39. The lowest BCUT2D eigenvalue weighted by Crippen LogP contribution is -2.31. The number of nitrogens with zero attached hydrogens (tertiary/aromatic N) is 2. The van der Waals surface area contributed by atoms with Crippen LogP contribution < -0.4 is 14.2 Å². The molecule has 11 heteroatoms. The molecule has 0 spiro atoms. The summed E-state index contributed by atoms with van der Waals surface area (Å²) in [7, 11) is 2.74. The average Bonchev–Trinajstić information content (AvgIpc) is 3.22. The third kappa shape index (κ3) is 8.00. The van der Waals surface area contributed by atoms with Crippen molar-refractivity contribution in [2.24, 2.45) is 0 Å². The molecule has 2 N–H and O–H groups in total. The normalized spacial score (nSPS) is 12.3. The van der Waals surface area contributed by atoms with E-state index in [-0.39, 0.29) is 70.6 Å². The number of halogens is 2. The van der Waals surface area contributed by atoms with Crippen molar-refractivity contribution in [1.82, 2.24) is 4.90 Å². The Morgan fingerprint density at radius 2 is 1.83 bits per heavy atom. The highest BCUT2D eigenvalue weighted by molar-refractivity contribution is 8.93. The van der Waals surface area contributed by atoms with Crippen LogP contribution in [-0.2, 0) is 23.2 Å². The number of methoxy groups -OCH3 is 2. The summed E-state index contributed by atoms with van der Waals surface area (Å²) in [5, 5.41) is 26.6. The number of fused-ring (bicyclic) bond motifs is 1. The molecule has 0 atom stereocenters. The molecule has 1 aliphatic rings. The molecule has 2 aromatic carbocycles. The smallest absolute Gasteiger partial charge is 0.303 e. The van der Waals surface area contributed by atoms with Crippen LogP contribution >= 0.6 is 17.0 Å². The van der Waals surface area contributed by atoms with Crippen LogP contribution in [0.25, 0.3) is 0 Å². The van der Waals surface area contributed by atoms with Crippen molar-refractivity contribution in [2.45, 2.75) is 71.3 Å². The Hall–Kier alpha value is -3.65. The van der Waals surface area contributed by atoms with E-state index in [4.69, 9.17) is 30.0 Å². The maximum absolute atomic E-state index is 15.2. The first-order valence-electron chi connectivity index (χ1n) is 13.6. The molecule has 2 aromatic rings. The zero-order valence-corrected chi connectivity index (χ0v) is 26.5. The molecule has 9 nitrogen and oxygen atoms in total. The second-order valence-corrected chi connectivity index (χ2v) is 11.1. The van der Waals surface area contributed by atoms with E-state index in [1.807, 2.05) is 26.8 Å². The summed E-state index contributed by atoms with van der Waals surface area (Å²) in [5.74, 6) is -1.08. The first kappa shape index (κ1) is 34.6. The minimum atomic E-state index is -0.851. The number of carbonyl (C=O) groups excluding carboxylic acids is 1. The van der Waals surface area contributed by atoms with Gasteiger partial charge in [0.25, 0.3) is 0 Å². The molecule has 42 heavy (non-hydrogen) atoms. The number of nitriles is 1. The topological polar surface area (TPSA) is 133 Å². The van der Waals surface area contributed by atoms with Gasteiger partial charge in [0.1, 0.15) is 11.6 Å². The van der Waals surface area contributed by atoms with Crippen molar-refractivity contribution >= 4 is 34.6 Å². The predicted molar refractivity (Wildman–Crippen MR) is 162 cm³/mol. The summed E-state index contributed by atoms with van der Waals surface area (Å²) in [4.78, 5) is 26.0. The van der Waals surface area contributed by atoms with E-state index < -0.39 is 11.8 Å². The third-order valence-corrected chi connectivity index (χ3v) is 7.00. The number of carboxylic acids is 1. The molecular weight excluding hydrogens is 609 g/mol. The van der Waals surface area contributed by atoms with Gasteiger partial charge in [-0.3, -0.25) is 15.0 Å². The molecule has 1 heterocycles. The molecule has 0 amide bonds. The molecule has 0 saturated heterocycles. The van der Waals surface area contributed by atoms with Gasteiger partial charge < -0.3 is 24.2 Å². The molecule has 0 radical (unpaired) electrons. The van der Waals surface area contributed by atoms with Gasteiger partial charge in [-0.25, -0.2) is 4.39 Å². The van der Waals surface area contributed by atoms with Gasteiger partial charge in [0.05, 0.1) is 39.0 Å². The van der Waals surface area contributed by atoms with Crippen molar-refractivity contribution in [3.05, 3.63) is 51.8 Å². The number of benzene rings is 2. The second kappa shape index (κ2) is 15.0. The number of ketones is 1. The minimum absolute atomic E-state index is 0. The van der Waals surface area contributed by atoms with Crippen molar-refractivity contribution < 1.29 is 33.3 Å². The van der Waals surface area contributed by atoms with Crippen LogP contribution in [0.3, 0.4) is 0 Å². The zero-order chi connectivity index (χ0) is 30.3. The summed E-state index contributed by atoms with van der Waals surface area (Å²) < 4.78 is 31.8. The van der Waals surface area contributed by atoms with E-state index in [9.17, 15) is 9.59 Å².